The molecule has 9 heteroatoms. The van der Waals surface area contributed by atoms with Crippen molar-refractivity contribution >= 4 is 11.8 Å². The minimum atomic E-state index is -5.08. The van der Waals surface area contributed by atoms with Gasteiger partial charge in [-0.25, -0.2) is 9.78 Å². The molecule has 1 aromatic heterocycles. The van der Waals surface area contributed by atoms with E-state index in [0.29, 0.717) is 12.1 Å². The number of aromatic nitrogens is 1. The lowest BCUT2D eigenvalue weighted by atomic mass is 10.3. The molecule has 0 aliphatic rings. The molecule has 1 atom stereocenters. The number of hydrogen-bond acceptors (Lipinski definition) is 5. The Bertz CT molecular complexity index is 468. The maximum atomic E-state index is 10.6. The van der Waals surface area contributed by atoms with E-state index in [0.717, 1.165) is 5.82 Å². The number of rotatable bonds is 3. The Morgan fingerprint density at radius 2 is 2.15 bits per heavy atom. The number of carboxylic acid groups (broad SMARTS) is 1. The van der Waals surface area contributed by atoms with Crippen molar-refractivity contribution in [3.8, 4) is 6.07 Å². The summed E-state index contributed by atoms with van der Waals surface area (Å²) < 4.78 is 31.7. The van der Waals surface area contributed by atoms with Gasteiger partial charge in [-0.05, 0) is 19.1 Å². The molecule has 0 amide bonds. The number of nitrogens with two attached hydrogens (primary N) is 1. The monoisotopic (exact) mass is 290 g/mol. The van der Waals surface area contributed by atoms with Crippen LogP contribution in [-0.4, -0.2) is 34.8 Å². The number of pyridine rings is 1. The number of aliphatic carboxylic acids is 1. The highest BCUT2D eigenvalue weighted by Gasteiger charge is 2.38. The first-order chi connectivity index (χ1) is 9.20. The second-order valence-corrected chi connectivity index (χ2v) is 3.63. The van der Waals surface area contributed by atoms with Gasteiger partial charge < -0.3 is 16.2 Å². The fraction of sp³-hybridized carbons (Fsp3) is 0.364. The van der Waals surface area contributed by atoms with Crippen molar-refractivity contribution in [2.24, 2.45) is 5.73 Å². The van der Waals surface area contributed by atoms with Gasteiger partial charge in [-0.15, -0.1) is 0 Å². The van der Waals surface area contributed by atoms with Crippen molar-refractivity contribution in [3.05, 3.63) is 23.9 Å². The Balaban J connectivity index is 0.000000441. The van der Waals surface area contributed by atoms with Crippen LogP contribution < -0.4 is 11.1 Å². The summed E-state index contributed by atoms with van der Waals surface area (Å²) in [5.74, 6) is -2.01. The third-order valence-electron chi connectivity index (χ3n) is 1.88. The smallest absolute Gasteiger partial charge is 0.475 e. The molecule has 110 valence electrons. The first-order valence-electron chi connectivity index (χ1n) is 5.33. The number of hydrogen-bond donors (Lipinski definition) is 3. The van der Waals surface area contributed by atoms with Crippen molar-refractivity contribution < 1.29 is 23.1 Å². The van der Waals surface area contributed by atoms with E-state index >= 15 is 0 Å². The van der Waals surface area contributed by atoms with Crippen molar-refractivity contribution in [2.45, 2.75) is 19.1 Å². The van der Waals surface area contributed by atoms with Gasteiger partial charge in [-0.3, -0.25) is 0 Å². The summed E-state index contributed by atoms with van der Waals surface area (Å²) in [6.07, 6.45) is -3.55. The normalized spacial score (nSPS) is 11.6. The van der Waals surface area contributed by atoms with E-state index in [9.17, 15) is 13.2 Å². The average molecular weight is 290 g/mol. The summed E-state index contributed by atoms with van der Waals surface area (Å²) in [6, 6.07) is 5.69. The standard InChI is InChI=1S/C9H12N4.C2HF3O2/c1-7(4-10)13-9-3-2-8(5-11)6-12-9;3-2(4,5)1(6)7/h2-3,6-7H,4,10H2,1H3,(H,12,13);(H,6,7). The SMILES string of the molecule is CC(CN)Nc1ccc(C#N)cn1.O=C(O)C(F)(F)F. The number of carboxylic acids is 1. The summed E-state index contributed by atoms with van der Waals surface area (Å²) in [5.41, 5.74) is 5.99. The lowest BCUT2D eigenvalue weighted by Gasteiger charge is -2.11. The van der Waals surface area contributed by atoms with E-state index in [1.54, 1.807) is 12.1 Å². The fourth-order valence-corrected chi connectivity index (χ4v) is 0.857. The molecular formula is C11H13F3N4O2. The third-order valence-corrected chi connectivity index (χ3v) is 1.88. The summed E-state index contributed by atoms with van der Waals surface area (Å²) in [7, 11) is 0. The first-order valence-corrected chi connectivity index (χ1v) is 5.33. The number of nitrogens with zero attached hydrogens (tertiary/aromatic N) is 2. The first kappa shape index (κ1) is 17.7. The molecule has 4 N–H and O–H groups in total. The number of carbonyl (C=O) groups is 1. The van der Waals surface area contributed by atoms with Crippen LogP contribution in [0.3, 0.4) is 0 Å². The lowest BCUT2D eigenvalue weighted by Crippen LogP contribution is -2.25. The molecule has 1 unspecified atom stereocenters. The Kier molecular flexibility index (Phi) is 7.03. The van der Waals surface area contributed by atoms with Gasteiger partial charge in [-0.1, -0.05) is 0 Å². The number of halogens is 3. The summed E-state index contributed by atoms with van der Waals surface area (Å²) in [6.45, 7) is 2.53. The van der Waals surface area contributed by atoms with Crippen LogP contribution in [0.25, 0.3) is 0 Å². The van der Waals surface area contributed by atoms with Gasteiger partial charge in [0.05, 0.1) is 5.56 Å². The number of alkyl halides is 3. The summed E-state index contributed by atoms with van der Waals surface area (Å²) in [5, 5.41) is 18.7. The molecule has 0 saturated carbocycles. The molecule has 0 spiro atoms. The van der Waals surface area contributed by atoms with Crippen LogP contribution in [0.2, 0.25) is 0 Å². The predicted molar refractivity (Wildman–Crippen MR) is 64.8 cm³/mol. The van der Waals surface area contributed by atoms with Gasteiger partial charge in [0, 0.05) is 18.8 Å². The van der Waals surface area contributed by atoms with Gasteiger partial charge in [0.2, 0.25) is 0 Å². The molecule has 0 fully saturated rings. The summed E-state index contributed by atoms with van der Waals surface area (Å²) in [4.78, 5) is 12.9. The Morgan fingerprint density at radius 1 is 1.60 bits per heavy atom. The van der Waals surface area contributed by atoms with Crippen LogP contribution in [-0.2, 0) is 4.79 Å². The van der Waals surface area contributed by atoms with Crippen molar-refractivity contribution in [2.75, 3.05) is 11.9 Å². The summed E-state index contributed by atoms with van der Waals surface area (Å²) >= 11 is 0. The van der Waals surface area contributed by atoms with E-state index in [-0.39, 0.29) is 6.04 Å². The molecular weight excluding hydrogens is 277 g/mol. The topological polar surface area (TPSA) is 112 Å². The van der Waals surface area contributed by atoms with Gasteiger partial charge in [0.15, 0.2) is 0 Å². The second kappa shape index (κ2) is 7.96. The zero-order valence-corrected chi connectivity index (χ0v) is 10.5. The van der Waals surface area contributed by atoms with E-state index in [1.165, 1.54) is 6.20 Å². The quantitative estimate of drug-likeness (QED) is 0.774. The molecule has 1 rings (SSSR count). The molecule has 0 radical (unpaired) electrons. The van der Waals surface area contributed by atoms with Crippen molar-refractivity contribution in [3.63, 3.8) is 0 Å². The molecule has 1 heterocycles. The predicted octanol–water partition coefficient (Wildman–Crippen LogP) is 1.35. The van der Waals surface area contributed by atoms with E-state index < -0.39 is 12.1 Å². The van der Waals surface area contributed by atoms with Crippen LogP contribution in [0.4, 0.5) is 19.0 Å². The Labute approximate surface area is 113 Å². The Morgan fingerprint density at radius 3 is 2.45 bits per heavy atom. The largest absolute Gasteiger partial charge is 0.490 e. The molecule has 0 aliphatic heterocycles. The average Bonchev–Trinajstić information content (AvgIpc) is 2.39. The minimum Gasteiger partial charge on any atom is -0.475 e. The van der Waals surface area contributed by atoms with E-state index in [2.05, 4.69) is 10.3 Å². The highest BCUT2D eigenvalue weighted by molar-refractivity contribution is 5.73. The molecule has 20 heavy (non-hydrogen) atoms. The second-order valence-electron chi connectivity index (χ2n) is 3.63. The fourth-order valence-electron chi connectivity index (χ4n) is 0.857. The van der Waals surface area contributed by atoms with Gasteiger partial charge in [0.1, 0.15) is 11.9 Å². The molecule has 0 aliphatic carbocycles. The van der Waals surface area contributed by atoms with Crippen LogP contribution >= 0.6 is 0 Å². The maximum Gasteiger partial charge on any atom is 0.490 e. The third kappa shape index (κ3) is 7.17. The lowest BCUT2D eigenvalue weighted by molar-refractivity contribution is -0.192. The molecule has 1 aromatic rings. The van der Waals surface area contributed by atoms with Crippen molar-refractivity contribution in [1.82, 2.24) is 4.98 Å². The number of nitrogens with one attached hydrogen (secondary N) is 1. The molecule has 6 nitrogen and oxygen atoms in total. The van der Waals surface area contributed by atoms with Crippen molar-refractivity contribution in [1.29, 1.82) is 5.26 Å². The molecule has 0 aromatic carbocycles. The van der Waals surface area contributed by atoms with Crippen LogP contribution in [0.15, 0.2) is 18.3 Å². The maximum absolute atomic E-state index is 10.6. The molecule has 0 bridgehead atoms. The van der Waals surface area contributed by atoms with Crippen LogP contribution in [0.1, 0.15) is 12.5 Å². The van der Waals surface area contributed by atoms with Crippen LogP contribution in [0.5, 0.6) is 0 Å². The molecule has 0 saturated heterocycles. The van der Waals surface area contributed by atoms with Gasteiger partial charge in [-0.2, -0.15) is 18.4 Å². The van der Waals surface area contributed by atoms with Gasteiger partial charge >= 0.3 is 12.1 Å². The van der Waals surface area contributed by atoms with E-state index in [4.69, 9.17) is 20.9 Å². The minimum absolute atomic E-state index is 0.195. The van der Waals surface area contributed by atoms with Gasteiger partial charge in [0.25, 0.3) is 0 Å². The van der Waals surface area contributed by atoms with E-state index in [1.807, 2.05) is 13.0 Å². The number of nitriles is 1. The Hall–Kier alpha value is -2.34. The highest BCUT2D eigenvalue weighted by atomic mass is 19.4. The zero-order chi connectivity index (χ0) is 15.8. The van der Waals surface area contributed by atoms with Crippen LogP contribution in [0, 0.1) is 11.3 Å². The zero-order valence-electron chi connectivity index (χ0n) is 10.5. The number of anilines is 1. The highest BCUT2D eigenvalue weighted by Crippen LogP contribution is 2.13.